The van der Waals surface area contributed by atoms with Gasteiger partial charge in [-0.15, -0.1) is 0 Å². The highest BCUT2D eigenvalue weighted by molar-refractivity contribution is 5.36. The minimum absolute atomic E-state index is 0.0660. The van der Waals surface area contributed by atoms with Crippen LogP contribution in [-0.4, -0.2) is 24.4 Å². The molecule has 3 nitrogen and oxygen atoms in total. The summed E-state index contributed by atoms with van der Waals surface area (Å²) < 4.78 is 5.34. The molecule has 0 fully saturated rings. The molecule has 0 aliphatic carbocycles. The maximum absolute atomic E-state index is 8.98. The van der Waals surface area contributed by atoms with Gasteiger partial charge in [0, 0.05) is 24.3 Å². The predicted molar refractivity (Wildman–Crippen MR) is 70.4 cm³/mol. The molecule has 3 heteroatoms. The van der Waals surface area contributed by atoms with E-state index in [4.69, 9.17) is 9.84 Å². The number of hydrogen-bond donors (Lipinski definition) is 2. The summed E-state index contributed by atoms with van der Waals surface area (Å²) in [6.45, 7) is 7.20. The number of aliphatic hydroxyl groups is 1. The average Bonchev–Trinajstić information content (AvgIpc) is 2.27. The first-order valence-electron chi connectivity index (χ1n) is 5.98. The van der Waals surface area contributed by atoms with Crippen LogP contribution < -0.4 is 10.1 Å². The largest absolute Gasteiger partial charge is 0.496 e. The zero-order chi connectivity index (χ0) is 12.9. The summed E-state index contributed by atoms with van der Waals surface area (Å²) in [7, 11) is 1.69. The van der Waals surface area contributed by atoms with Crippen LogP contribution in [0.25, 0.3) is 0 Å². The van der Waals surface area contributed by atoms with E-state index in [9.17, 15) is 0 Å². The van der Waals surface area contributed by atoms with Gasteiger partial charge >= 0.3 is 0 Å². The van der Waals surface area contributed by atoms with Gasteiger partial charge in [-0.1, -0.05) is 17.7 Å². The van der Waals surface area contributed by atoms with E-state index in [1.807, 2.05) is 12.1 Å². The molecule has 0 bridgehead atoms. The highest BCUT2D eigenvalue weighted by atomic mass is 16.5. The number of hydrogen-bond acceptors (Lipinski definition) is 3. The Morgan fingerprint density at radius 3 is 2.65 bits per heavy atom. The van der Waals surface area contributed by atoms with E-state index in [1.54, 1.807) is 7.11 Å². The standard InChI is InChI=1S/C14H23NO2/c1-11-5-6-13(17-4)12(9-11)10-15-14(2,3)7-8-16/h5-6,9,15-16H,7-8,10H2,1-4H3. The van der Waals surface area contributed by atoms with Gasteiger partial charge < -0.3 is 15.2 Å². The van der Waals surface area contributed by atoms with Crippen molar-refractivity contribution in [1.29, 1.82) is 0 Å². The minimum atomic E-state index is -0.0660. The molecule has 1 rings (SSSR count). The third kappa shape index (κ3) is 4.36. The van der Waals surface area contributed by atoms with Gasteiger partial charge in [-0.25, -0.2) is 0 Å². The summed E-state index contributed by atoms with van der Waals surface area (Å²) in [5, 5.41) is 12.4. The highest BCUT2D eigenvalue weighted by Gasteiger charge is 2.16. The smallest absolute Gasteiger partial charge is 0.123 e. The van der Waals surface area contributed by atoms with Crippen LogP contribution in [0.2, 0.25) is 0 Å². The Bertz CT molecular complexity index is 361. The Kier molecular flexibility index (Phi) is 4.97. The molecule has 1 aromatic rings. The molecule has 2 N–H and O–H groups in total. The number of ether oxygens (including phenoxy) is 1. The van der Waals surface area contributed by atoms with E-state index < -0.39 is 0 Å². The van der Waals surface area contributed by atoms with E-state index >= 15 is 0 Å². The third-order valence-electron chi connectivity index (χ3n) is 2.93. The fourth-order valence-electron chi connectivity index (χ4n) is 1.75. The summed E-state index contributed by atoms with van der Waals surface area (Å²) >= 11 is 0. The van der Waals surface area contributed by atoms with Crippen LogP contribution in [0.4, 0.5) is 0 Å². The number of aliphatic hydroxyl groups excluding tert-OH is 1. The summed E-state index contributed by atoms with van der Waals surface area (Å²) in [4.78, 5) is 0. The Morgan fingerprint density at radius 1 is 1.35 bits per heavy atom. The van der Waals surface area contributed by atoms with Gasteiger partial charge in [0.2, 0.25) is 0 Å². The number of nitrogens with one attached hydrogen (secondary N) is 1. The van der Waals surface area contributed by atoms with Crippen molar-refractivity contribution >= 4 is 0 Å². The van der Waals surface area contributed by atoms with Gasteiger partial charge in [-0.05, 0) is 33.3 Å². The summed E-state index contributed by atoms with van der Waals surface area (Å²) in [5.41, 5.74) is 2.31. The molecule has 0 aliphatic heterocycles. The molecule has 0 radical (unpaired) electrons. The second-order valence-corrected chi connectivity index (χ2v) is 5.03. The Labute approximate surface area is 104 Å². The van der Waals surface area contributed by atoms with Gasteiger partial charge in [-0.2, -0.15) is 0 Å². The Morgan fingerprint density at radius 2 is 2.06 bits per heavy atom. The van der Waals surface area contributed by atoms with Crippen LogP contribution in [0.3, 0.4) is 0 Å². The molecule has 0 saturated heterocycles. The van der Waals surface area contributed by atoms with Crippen LogP contribution in [0, 0.1) is 6.92 Å². The van der Waals surface area contributed by atoms with E-state index in [2.05, 4.69) is 32.2 Å². The van der Waals surface area contributed by atoms with Crippen molar-refractivity contribution in [1.82, 2.24) is 5.32 Å². The van der Waals surface area contributed by atoms with Crippen molar-refractivity contribution in [2.45, 2.75) is 39.3 Å². The maximum atomic E-state index is 8.98. The molecule has 0 aromatic heterocycles. The SMILES string of the molecule is COc1ccc(C)cc1CNC(C)(C)CCO. The van der Waals surface area contributed by atoms with E-state index in [-0.39, 0.29) is 12.1 Å². The molecule has 1 aromatic carbocycles. The Hall–Kier alpha value is -1.06. The van der Waals surface area contributed by atoms with Gasteiger partial charge in [0.05, 0.1) is 7.11 Å². The van der Waals surface area contributed by atoms with E-state index in [0.29, 0.717) is 0 Å². The van der Waals surface area contributed by atoms with Crippen LogP contribution in [-0.2, 0) is 6.54 Å². The number of benzene rings is 1. The summed E-state index contributed by atoms with van der Waals surface area (Å²) in [5.74, 6) is 0.905. The van der Waals surface area contributed by atoms with Crippen LogP contribution in [0.5, 0.6) is 5.75 Å². The normalized spacial score (nSPS) is 11.6. The molecule has 0 aliphatic rings. The second kappa shape index (κ2) is 6.03. The lowest BCUT2D eigenvalue weighted by Crippen LogP contribution is -2.39. The molecular weight excluding hydrogens is 214 g/mol. The first-order chi connectivity index (χ1) is 7.98. The van der Waals surface area contributed by atoms with Crippen molar-refractivity contribution in [2.75, 3.05) is 13.7 Å². The molecule has 96 valence electrons. The quantitative estimate of drug-likeness (QED) is 0.797. The van der Waals surface area contributed by atoms with Crippen molar-refractivity contribution < 1.29 is 9.84 Å². The molecule has 17 heavy (non-hydrogen) atoms. The first kappa shape index (κ1) is 14.0. The molecule has 0 heterocycles. The lowest BCUT2D eigenvalue weighted by atomic mass is 10.0. The fourth-order valence-corrected chi connectivity index (χ4v) is 1.75. The highest BCUT2D eigenvalue weighted by Crippen LogP contribution is 2.20. The van der Waals surface area contributed by atoms with Gasteiger partial charge in [0.25, 0.3) is 0 Å². The molecule has 0 amide bonds. The van der Waals surface area contributed by atoms with Crippen molar-refractivity contribution in [2.24, 2.45) is 0 Å². The lowest BCUT2D eigenvalue weighted by Gasteiger charge is -2.26. The predicted octanol–water partition coefficient (Wildman–Crippen LogP) is 2.25. The Balaban J connectivity index is 2.71. The molecule has 0 atom stereocenters. The van der Waals surface area contributed by atoms with Gasteiger partial charge in [0.15, 0.2) is 0 Å². The summed E-state index contributed by atoms with van der Waals surface area (Å²) in [6, 6.07) is 6.16. The van der Waals surface area contributed by atoms with Gasteiger partial charge in [0.1, 0.15) is 5.75 Å². The van der Waals surface area contributed by atoms with E-state index in [0.717, 1.165) is 24.3 Å². The second-order valence-electron chi connectivity index (χ2n) is 5.03. The number of methoxy groups -OCH3 is 1. The first-order valence-corrected chi connectivity index (χ1v) is 5.98. The minimum Gasteiger partial charge on any atom is -0.496 e. The average molecular weight is 237 g/mol. The zero-order valence-corrected chi connectivity index (χ0v) is 11.2. The van der Waals surface area contributed by atoms with Crippen LogP contribution >= 0.6 is 0 Å². The van der Waals surface area contributed by atoms with E-state index in [1.165, 1.54) is 5.56 Å². The van der Waals surface area contributed by atoms with Crippen LogP contribution in [0.15, 0.2) is 18.2 Å². The molecule has 0 spiro atoms. The molecule has 0 saturated carbocycles. The number of aryl methyl sites for hydroxylation is 1. The lowest BCUT2D eigenvalue weighted by molar-refractivity contribution is 0.229. The molecule has 0 unspecified atom stereocenters. The molecular formula is C14H23NO2. The van der Waals surface area contributed by atoms with Gasteiger partial charge in [-0.3, -0.25) is 0 Å². The summed E-state index contributed by atoms with van der Waals surface area (Å²) in [6.07, 6.45) is 0.737. The van der Waals surface area contributed by atoms with Crippen LogP contribution in [0.1, 0.15) is 31.4 Å². The zero-order valence-electron chi connectivity index (χ0n) is 11.2. The topological polar surface area (TPSA) is 41.5 Å². The fraction of sp³-hybridized carbons (Fsp3) is 0.571. The monoisotopic (exact) mass is 237 g/mol. The van der Waals surface area contributed by atoms with Crippen molar-refractivity contribution in [3.8, 4) is 5.75 Å². The third-order valence-corrected chi connectivity index (χ3v) is 2.93. The number of rotatable bonds is 6. The van der Waals surface area contributed by atoms with Crippen molar-refractivity contribution in [3.63, 3.8) is 0 Å². The van der Waals surface area contributed by atoms with Crippen molar-refractivity contribution in [3.05, 3.63) is 29.3 Å². The maximum Gasteiger partial charge on any atom is 0.123 e.